The number of nitrogens with two attached hydrogens (primary N) is 1. The van der Waals surface area contributed by atoms with E-state index in [0.717, 1.165) is 22.2 Å². The molecule has 0 saturated carbocycles. The minimum Gasteiger partial charge on any atom is -0.491 e. The summed E-state index contributed by atoms with van der Waals surface area (Å²) in [6, 6.07) is 11.6. The minimum atomic E-state index is -0.690. The first kappa shape index (κ1) is 19.0. The molecule has 0 atom stereocenters. The molecule has 3 N–H and O–H groups in total. The Labute approximate surface area is 169 Å². The fourth-order valence-corrected chi connectivity index (χ4v) is 3.35. The van der Waals surface area contributed by atoms with Crippen molar-refractivity contribution >= 4 is 29.0 Å². The summed E-state index contributed by atoms with van der Waals surface area (Å²) >= 11 is 0. The van der Waals surface area contributed by atoms with Gasteiger partial charge in [0.25, 0.3) is 0 Å². The first-order valence-corrected chi connectivity index (χ1v) is 9.48. The summed E-state index contributed by atoms with van der Waals surface area (Å²) < 4.78 is 7.76. The number of anilines is 1. The Hall–Kier alpha value is -3.39. The SMILES string of the molecule is CB(O)c1cc(-c2ccc3c(N)cnnc3c2)c(-n2cccn2)cc1OC(C)C. The highest BCUT2D eigenvalue weighted by Crippen LogP contribution is 2.32. The summed E-state index contributed by atoms with van der Waals surface area (Å²) in [6.07, 6.45) is 5.12. The molecule has 0 aliphatic heterocycles. The van der Waals surface area contributed by atoms with Crippen LogP contribution in [0.4, 0.5) is 5.69 Å². The predicted octanol–water partition coefficient (Wildman–Crippen LogP) is 2.67. The number of rotatable bonds is 5. The van der Waals surface area contributed by atoms with Crippen LogP contribution in [0.5, 0.6) is 5.75 Å². The minimum absolute atomic E-state index is 0.0252. The normalized spacial score (nSPS) is 11.2. The highest BCUT2D eigenvalue weighted by Gasteiger charge is 2.20. The van der Waals surface area contributed by atoms with Crippen LogP contribution in [0.2, 0.25) is 6.82 Å². The molecule has 4 aromatic rings. The molecule has 0 aliphatic rings. The zero-order chi connectivity index (χ0) is 20.5. The van der Waals surface area contributed by atoms with Crippen LogP contribution in [0.3, 0.4) is 0 Å². The second-order valence-corrected chi connectivity index (χ2v) is 7.23. The van der Waals surface area contributed by atoms with E-state index in [1.165, 1.54) is 0 Å². The van der Waals surface area contributed by atoms with Crippen molar-refractivity contribution in [1.29, 1.82) is 0 Å². The van der Waals surface area contributed by atoms with Crippen molar-refractivity contribution in [2.24, 2.45) is 0 Å². The van der Waals surface area contributed by atoms with E-state index in [0.29, 0.717) is 22.4 Å². The molecule has 146 valence electrons. The van der Waals surface area contributed by atoms with Crippen molar-refractivity contribution in [2.75, 3.05) is 5.73 Å². The maximum Gasteiger partial charge on any atom is 0.324 e. The molecule has 0 saturated heterocycles. The number of hydrogen-bond acceptors (Lipinski definition) is 6. The fraction of sp³-hybridized carbons (Fsp3) is 0.190. The fourth-order valence-electron chi connectivity index (χ4n) is 3.35. The molecule has 7 nitrogen and oxygen atoms in total. The molecule has 0 radical (unpaired) electrons. The Morgan fingerprint density at radius 3 is 2.72 bits per heavy atom. The number of nitrogen functional groups attached to an aromatic ring is 1. The average Bonchev–Trinajstić information content (AvgIpc) is 3.21. The van der Waals surface area contributed by atoms with Crippen LogP contribution in [0.15, 0.2) is 55.0 Å². The van der Waals surface area contributed by atoms with E-state index >= 15 is 0 Å². The number of hydrogen-bond donors (Lipinski definition) is 2. The summed E-state index contributed by atoms with van der Waals surface area (Å²) in [5.41, 5.74) is 10.7. The van der Waals surface area contributed by atoms with Gasteiger partial charge in [-0.15, -0.1) is 0 Å². The summed E-state index contributed by atoms with van der Waals surface area (Å²) in [6.45, 7) is 4.95. The van der Waals surface area contributed by atoms with Crippen molar-refractivity contribution in [3.05, 3.63) is 55.0 Å². The second kappa shape index (κ2) is 7.56. The van der Waals surface area contributed by atoms with Crippen LogP contribution in [-0.2, 0) is 0 Å². The highest BCUT2D eigenvalue weighted by atomic mass is 16.5. The van der Waals surface area contributed by atoms with Crippen molar-refractivity contribution in [2.45, 2.75) is 26.8 Å². The monoisotopic (exact) mass is 387 g/mol. The molecule has 29 heavy (non-hydrogen) atoms. The third-order valence-electron chi connectivity index (χ3n) is 4.67. The van der Waals surface area contributed by atoms with Crippen LogP contribution in [0.25, 0.3) is 27.7 Å². The Bertz CT molecular complexity index is 1160. The molecule has 0 bridgehead atoms. The smallest absolute Gasteiger partial charge is 0.324 e. The molecule has 0 amide bonds. The quantitative estimate of drug-likeness (QED) is 0.511. The molecule has 2 aromatic carbocycles. The molecule has 2 aromatic heterocycles. The van der Waals surface area contributed by atoms with Gasteiger partial charge in [-0.2, -0.15) is 15.3 Å². The summed E-state index contributed by atoms with van der Waals surface area (Å²) in [5.74, 6) is 0.633. The van der Waals surface area contributed by atoms with Gasteiger partial charge in [0, 0.05) is 29.4 Å². The Morgan fingerprint density at radius 2 is 2.03 bits per heavy atom. The van der Waals surface area contributed by atoms with Gasteiger partial charge in [0.1, 0.15) is 5.75 Å². The lowest BCUT2D eigenvalue weighted by Crippen LogP contribution is -2.30. The van der Waals surface area contributed by atoms with E-state index in [1.807, 2.05) is 56.4 Å². The third kappa shape index (κ3) is 3.66. The van der Waals surface area contributed by atoms with Crippen LogP contribution < -0.4 is 15.9 Å². The lowest BCUT2D eigenvalue weighted by molar-refractivity contribution is 0.244. The third-order valence-corrected chi connectivity index (χ3v) is 4.67. The predicted molar refractivity (Wildman–Crippen MR) is 116 cm³/mol. The van der Waals surface area contributed by atoms with Crippen LogP contribution in [-0.4, -0.2) is 38.0 Å². The van der Waals surface area contributed by atoms with Gasteiger partial charge >= 0.3 is 6.92 Å². The van der Waals surface area contributed by atoms with Gasteiger partial charge in [-0.1, -0.05) is 19.0 Å². The first-order chi connectivity index (χ1) is 13.9. The molecular formula is C21H22BN5O2. The zero-order valence-electron chi connectivity index (χ0n) is 16.6. The van der Waals surface area contributed by atoms with Gasteiger partial charge < -0.3 is 15.5 Å². The van der Waals surface area contributed by atoms with Crippen molar-refractivity contribution in [1.82, 2.24) is 20.0 Å². The van der Waals surface area contributed by atoms with Crippen molar-refractivity contribution in [3.63, 3.8) is 0 Å². The Balaban J connectivity index is 1.97. The second-order valence-electron chi connectivity index (χ2n) is 7.23. The average molecular weight is 387 g/mol. The lowest BCUT2D eigenvalue weighted by Gasteiger charge is -2.19. The number of aromatic nitrogens is 4. The van der Waals surface area contributed by atoms with Gasteiger partial charge in [0.15, 0.2) is 0 Å². The van der Waals surface area contributed by atoms with E-state index in [-0.39, 0.29) is 6.10 Å². The molecule has 2 heterocycles. The largest absolute Gasteiger partial charge is 0.491 e. The van der Waals surface area contributed by atoms with Gasteiger partial charge in [-0.25, -0.2) is 4.68 Å². The Kier molecular flexibility index (Phi) is 4.94. The summed E-state index contributed by atoms with van der Waals surface area (Å²) in [5, 5.41) is 23.8. The van der Waals surface area contributed by atoms with E-state index in [1.54, 1.807) is 23.9 Å². The molecule has 0 unspecified atom stereocenters. The number of fused-ring (bicyclic) bond motifs is 1. The van der Waals surface area contributed by atoms with Gasteiger partial charge in [0.05, 0.1) is 29.2 Å². The number of nitrogens with zero attached hydrogens (tertiary/aromatic N) is 4. The standard InChI is InChI=1S/C21H22BN5O2/c1-13(2)29-21-11-20(27-8-4-7-25-27)16(10-17(21)22(3)28)14-5-6-15-18(23)12-24-26-19(15)9-14/h4-13,28H,1-3H3,(H2,23,26). The number of benzene rings is 2. The van der Waals surface area contributed by atoms with Crippen molar-refractivity contribution < 1.29 is 9.76 Å². The van der Waals surface area contributed by atoms with E-state index in [4.69, 9.17) is 10.5 Å². The number of ether oxygens (including phenoxy) is 1. The van der Waals surface area contributed by atoms with Gasteiger partial charge in [0.2, 0.25) is 0 Å². The molecular weight excluding hydrogens is 365 g/mol. The summed E-state index contributed by atoms with van der Waals surface area (Å²) in [7, 11) is 0. The van der Waals surface area contributed by atoms with E-state index in [2.05, 4.69) is 15.3 Å². The maximum absolute atomic E-state index is 10.4. The first-order valence-electron chi connectivity index (χ1n) is 9.48. The topological polar surface area (TPSA) is 99.1 Å². The molecule has 8 heteroatoms. The van der Waals surface area contributed by atoms with Crippen LogP contribution >= 0.6 is 0 Å². The van der Waals surface area contributed by atoms with Crippen LogP contribution in [0.1, 0.15) is 13.8 Å². The Morgan fingerprint density at radius 1 is 1.21 bits per heavy atom. The molecule has 4 rings (SSSR count). The molecule has 0 aliphatic carbocycles. The lowest BCUT2D eigenvalue weighted by atomic mass is 9.63. The van der Waals surface area contributed by atoms with E-state index < -0.39 is 6.92 Å². The van der Waals surface area contributed by atoms with Crippen molar-refractivity contribution in [3.8, 4) is 22.6 Å². The molecule has 0 fully saturated rings. The summed E-state index contributed by atoms with van der Waals surface area (Å²) in [4.78, 5) is 0. The highest BCUT2D eigenvalue weighted by molar-refractivity contribution is 6.66. The van der Waals surface area contributed by atoms with Gasteiger partial charge in [-0.05, 0) is 43.1 Å². The maximum atomic E-state index is 10.4. The van der Waals surface area contributed by atoms with Crippen LogP contribution in [0, 0.1) is 0 Å². The zero-order valence-corrected chi connectivity index (χ0v) is 16.6. The van der Waals surface area contributed by atoms with E-state index in [9.17, 15) is 5.02 Å². The van der Waals surface area contributed by atoms with Gasteiger partial charge in [-0.3, -0.25) is 0 Å². The molecule has 0 spiro atoms.